The number of rotatable bonds is 2. The Morgan fingerprint density at radius 1 is 1.47 bits per heavy atom. The minimum Gasteiger partial charge on any atom is -0.504 e. The Labute approximate surface area is 103 Å². The molecule has 2 atom stereocenters. The van der Waals surface area contributed by atoms with Crippen molar-refractivity contribution in [1.82, 2.24) is 5.32 Å². The van der Waals surface area contributed by atoms with Crippen molar-refractivity contribution < 1.29 is 19.7 Å². The van der Waals surface area contributed by atoms with Crippen LogP contribution in [0.15, 0.2) is 18.2 Å². The van der Waals surface area contributed by atoms with E-state index in [1.165, 1.54) is 19.2 Å². The predicted molar refractivity (Wildman–Crippen MR) is 63.9 cm³/mol. The molecule has 0 bridgehead atoms. The van der Waals surface area contributed by atoms with Crippen LogP contribution in [0.2, 0.25) is 0 Å². The monoisotopic (exact) mass is 255 g/mol. The highest BCUT2D eigenvalue weighted by molar-refractivity contribution is 7.99. The maximum Gasteiger partial charge on any atom is 0.323 e. The van der Waals surface area contributed by atoms with Crippen LogP contribution in [-0.2, 0) is 9.53 Å². The topological polar surface area (TPSA) is 78.8 Å². The SMILES string of the molecule is COC(=O)[C@@H]1CSC(c2ccc(O)c(O)c2)N1. The summed E-state index contributed by atoms with van der Waals surface area (Å²) in [6.45, 7) is 0. The van der Waals surface area contributed by atoms with Gasteiger partial charge in [-0.15, -0.1) is 11.8 Å². The molecule has 3 N–H and O–H groups in total. The van der Waals surface area contributed by atoms with E-state index >= 15 is 0 Å². The van der Waals surface area contributed by atoms with Gasteiger partial charge < -0.3 is 14.9 Å². The van der Waals surface area contributed by atoms with E-state index in [-0.39, 0.29) is 28.9 Å². The third kappa shape index (κ3) is 2.48. The summed E-state index contributed by atoms with van der Waals surface area (Å²) in [5, 5.41) is 21.6. The van der Waals surface area contributed by atoms with E-state index in [4.69, 9.17) is 0 Å². The smallest absolute Gasteiger partial charge is 0.323 e. The second-order valence-electron chi connectivity index (χ2n) is 3.70. The van der Waals surface area contributed by atoms with Gasteiger partial charge in [0.1, 0.15) is 6.04 Å². The van der Waals surface area contributed by atoms with Crippen LogP contribution in [0.5, 0.6) is 11.5 Å². The van der Waals surface area contributed by atoms with Gasteiger partial charge in [0, 0.05) is 5.75 Å². The minimum absolute atomic E-state index is 0.0781. The molecule has 1 unspecified atom stereocenters. The summed E-state index contributed by atoms with van der Waals surface area (Å²) in [6, 6.07) is 4.29. The molecule has 1 heterocycles. The number of esters is 1. The first kappa shape index (κ1) is 12.1. The molecule has 1 aliphatic heterocycles. The van der Waals surface area contributed by atoms with E-state index in [9.17, 15) is 15.0 Å². The van der Waals surface area contributed by atoms with Crippen molar-refractivity contribution in [2.45, 2.75) is 11.4 Å². The van der Waals surface area contributed by atoms with Crippen molar-refractivity contribution >= 4 is 17.7 Å². The van der Waals surface area contributed by atoms with Gasteiger partial charge in [0.05, 0.1) is 12.5 Å². The van der Waals surface area contributed by atoms with Gasteiger partial charge in [0.25, 0.3) is 0 Å². The second-order valence-corrected chi connectivity index (χ2v) is 4.84. The highest BCUT2D eigenvalue weighted by atomic mass is 32.2. The van der Waals surface area contributed by atoms with Gasteiger partial charge in [-0.05, 0) is 17.7 Å². The molecule has 1 aliphatic rings. The van der Waals surface area contributed by atoms with Crippen LogP contribution in [-0.4, -0.2) is 35.1 Å². The Kier molecular flexibility index (Phi) is 3.44. The fourth-order valence-corrected chi connectivity index (χ4v) is 2.86. The van der Waals surface area contributed by atoms with Crippen molar-refractivity contribution in [3.05, 3.63) is 23.8 Å². The molecule has 5 nitrogen and oxygen atoms in total. The van der Waals surface area contributed by atoms with Crippen LogP contribution in [0.4, 0.5) is 0 Å². The third-order valence-electron chi connectivity index (χ3n) is 2.57. The van der Waals surface area contributed by atoms with Crippen LogP contribution in [0, 0.1) is 0 Å². The molecule has 0 amide bonds. The summed E-state index contributed by atoms with van der Waals surface area (Å²) in [5.41, 5.74) is 0.816. The molecule has 1 fully saturated rings. The van der Waals surface area contributed by atoms with Crippen LogP contribution in [0.3, 0.4) is 0 Å². The van der Waals surface area contributed by atoms with E-state index in [1.807, 2.05) is 0 Å². The van der Waals surface area contributed by atoms with E-state index in [0.717, 1.165) is 5.56 Å². The summed E-state index contributed by atoms with van der Waals surface area (Å²) >= 11 is 1.56. The number of hydrogen-bond donors (Lipinski definition) is 3. The van der Waals surface area contributed by atoms with Crippen molar-refractivity contribution in [3.63, 3.8) is 0 Å². The van der Waals surface area contributed by atoms with Crippen LogP contribution < -0.4 is 5.32 Å². The summed E-state index contributed by atoms with van der Waals surface area (Å²) < 4.78 is 4.66. The standard InChI is InChI=1S/C11H13NO4S/c1-16-11(15)7-5-17-10(12-7)6-2-3-8(13)9(14)4-6/h2-4,7,10,12-14H,5H2,1H3/t7-,10?/m0/s1. The summed E-state index contributed by atoms with van der Waals surface area (Å²) in [4.78, 5) is 11.3. The van der Waals surface area contributed by atoms with Crippen molar-refractivity contribution in [3.8, 4) is 11.5 Å². The second kappa shape index (κ2) is 4.85. The Hall–Kier alpha value is -1.40. The average Bonchev–Trinajstić information content (AvgIpc) is 2.81. The number of thioether (sulfide) groups is 1. The number of carbonyl (C=O) groups excluding carboxylic acids is 1. The Balaban J connectivity index is 2.10. The van der Waals surface area contributed by atoms with Gasteiger partial charge in [0.2, 0.25) is 0 Å². The largest absolute Gasteiger partial charge is 0.504 e. The Morgan fingerprint density at radius 2 is 2.24 bits per heavy atom. The highest BCUT2D eigenvalue weighted by Crippen LogP contribution is 2.36. The first-order valence-corrected chi connectivity index (χ1v) is 6.14. The molecule has 6 heteroatoms. The van der Waals surface area contributed by atoms with E-state index in [0.29, 0.717) is 5.75 Å². The lowest BCUT2D eigenvalue weighted by Gasteiger charge is -2.12. The molecule has 1 saturated heterocycles. The maximum absolute atomic E-state index is 11.3. The average molecular weight is 255 g/mol. The molecule has 1 aromatic rings. The first-order chi connectivity index (χ1) is 8.11. The molecule has 1 aromatic carbocycles. The maximum atomic E-state index is 11.3. The number of benzene rings is 1. The lowest BCUT2D eigenvalue weighted by atomic mass is 10.2. The van der Waals surface area contributed by atoms with Gasteiger partial charge in [-0.25, -0.2) is 0 Å². The fraction of sp³-hybridized carbons (Fsp3) is 0.364. The number of ether oxygens (including phenoxy) is 1. The van der Waals surface area contributed by atoms with E-state index in [1.54, 1.807) is 17.8 Å². The van der Waals surface area contributed by atoms with Crippen molar-refractivity contribution in [2.75, 3.05) is 12.9 Å². The highest BCUT2D eigenvalue weighted by Gasteiger charge is 2.31. The third-order valence-corrected chi connectivity index (χ3v) is 3.84. The lowest BCUT2D eigenvalue weighted by molar-refractivity contribution is -0.142. The molecule has 0 aromatic heterocycles. The van der Waals surface area contributed by atoms with Gasteiger partial charge in [-0.3, -0.25) is 10.1 Å². The Bertz CT molecular complexity index is 437. The zero-order chi connectivity index (χ0) is 12.4. The molecule has 2 rings (SSSR count). The minimum atomic E-state index is -0.328. The quantitative estimate of drug-likeness (QED) is 0.540. The van der Waals surface area contributed by atoms with Gasteiger partial charge in [-0.2, -0.15) is 0 Å². The number of carbonyl (C=O) groups is 1. The van der Waals surface area contributed by atoms with E-state index in [2.05, 4.69) is 10.1 Å². The predicted octanol–water partition coefficient (Wildman–Crippen LogP) is 0.974. The zero-order valence-electron chi connectivity index (χ0n) is 9.21. The number of aromatic hydroxyl groups is 2. The first-order valence-electron chi connectivity index (χ1n) is 5.09. The molecule has 0 saturated carbocycles. The molecule has 17 heavy (non-hydrogen) atoms. The molecule has 0 aliphatic carbocycles. The van der Waals surface area contributed by atoms with Crippen LogP contribution in [0.1, 0.15) is 10.9 Å². The van der Waals surface area contributed by atoms with Gasteiger partial charge >= 0.3 is 5.97 Å². The number of nitrogens with one attached hydrogen (secondary N) is 1. The summed E-state index contributed by atoms with van der Waals surface area (Å²) in [6.07, 6.45) is 0. The molecular weight excluding hydrogens is 242 g/mol. The molecule has 92 valence electrons. The van der Waals surface area contributed by atoms with E-state index < -0.39 is 0 Å². The molecular formula is C11H13NO4S. The molecule has 0 spiro atoms. The number of methoxy groups -OCH3 is 1. The lowest BCUT2D eigenvalue weighted by Crippen LogP contribution is -2.34. The van der Waals surface area contributed by atoms with Gasteiger partial charge in [-0.1, -0.05) is 6.07 Å². The molecule has 0 radical (unpaired) electrons. The number of hydrogen-bond acceptors (Lipinski definition) is 6. The zero-order valence-corrected chi connectivity index (χ0v) is 10.0. The number of phenolic OH excluding ortho intramolecular Hbond substituents is 2. The normalized spacial score (nSPS) is 23.6. The number of phenols is 2. The summed E-state index contributed by atoms with van der Waals surface area (Å²) in [5.74, 6) is 0.0228. The van der Waals surface area contributed by atoms with Crippen LogP contribution >= 0.6 is 11.8 Å². The fourth-order valence-electron chi connectivity index (χ4n) is 1.65. The summed E-state index contributed by atoms with van der Waals surface area (Å²) in [7, 11) is 1.36. The van der Waals surface area contributed by atoms with Gasteiger partial charge in [0.15, 0.2) is 11.5 Å². The van der Waals surface area contributed by atoms with Crippen molar-refractivity contribution in [2.24, 2.45) is 0 Å². The Morgan fingerprint density at radius 3 is 2.88 bits per heavy atom. The van der Waals surface area contributed by atoms with Crippen molar-refractivity contribution in [1.29, 1.82) is 0 Å². The van der Waals surface area contributed by atoms with Crippen LogP contribution in [0.25, 0.3) is 0 Å².